The second-order valence-electron chi connectivity index (χ2n) is 5.92. The van der Waals surface area contributed by atoms with Gasteiger partial charge in [-0.3, -0.25) is 0 Å². The molecule has 4 atom stereocenters. The van der Waals surface area contributed by atoms with Crippen molar-refractivity contribution in [3.8, 4) is 0 Å². The molecular formula is C16H36BrN. The molecular weight excluding hydrogens is 286 g/mol. The summed E-state index contributed by atoms with van der Waals surface area (Å²) in [6.45, 7) is 19.3. The first kappa shape index (κ1) is 20.8. The maximum atomic E-state index is 2.46. The molecule has 112 valence electrons. The zero-order chi connectivity index (χ0) is 13.6. The molecule has 0 N–H and O–H groups in total. The molecule has 0 amide bonds. The van der Waals surface area contributed by atoms with Crippen molar-refractivity contribution in [2.45, 2.75) is 105 Å². The molecule has 0 saturated carbocycles. The van der Waals surface area contributed by atoms with Crippen molar-refractivity contribution >= 4 is 0 Å². The largest absolute Gasteiger partial charge is 1.00 e. The number of quaternary nitrogens is 1. The topological polar surface area (TPSA) is 0 Å². The van der Waals surface area contributed by atoms with E-state index < -0.39 is 0 Å². The van der Waals surface area contributed by atoms with E-state index in [9.17, 15) is 0 Å². The van der Waals surface area contributed by atoms with Crippen molar-refractivity contribution in [3.63, 3.8) is 0 Å². The third kappa shape index (κ3) is 3.72. The summed E-state index contributed by atoms with van der Waals surface area (Å²) < 4.78 is 1.32. The lowest BCUT2D eigenvalue weighted by atomic mass is 9.93. The molecule has 4 unspecified atom stereocenters. The molecule has 0 bridgehead atoms. The van der Waals surface area contributed by atoms with E-state index in [-0.39, 0.29) is 17.0 Å². The highest BCUT2D eigenvalue weighted by atomic mass is 79.9. The fourth-order valence-electron chi connectivity index (χ4n) is 3.87. The van der Waals surface area contributed by atoms with E-state index in [0.29, 0.717) is 0 Å². The SMILES string of the molecule is CCC(C)[N+](C(C)CC)(C(C)CC)C(C)CC.[Br-]. The summed E-state index contributed by atoms with van der Waals surface area (Å²) >= 11 is 0. The van der Waals surface area contributed by atoms with Gasteiger partial charge in [0.15, 0.2) is 0 Å². The highest BCUT2D eigenvalue weighted by Gasteiger charge is 2.45. The zero-order valence-corrected chi connectivity index (χ0v) is 15.5. The van der Waals surface area contributed by atoms with Crippen LogP contribution in [-0.4, -0.2) is 28.7 Å². The number of halogens is 1. The molecule has 0 aromatic heterocycles. The summed E-state index contributed by atoms with van der Waals surface area (Å²) in [6.07, 6.45) is 5.16. The minimum absolute atomic E-state index is 0. The highest BCUT2D eigenvalue weighted by molar-refractivity contribution is 4.69. The molecule has 0 spiro atoms. The second kappa shape index (κ2) is 9.36. The Labute approximate surface area is 127 Å². The summed E-state index contributed by atoms with van der Waals surface area (Å²) in [5.74, 6) is 0. The molecule has 0 aromatic carbocycles. The van der Waals surface area contributed by atoms with E-state index in [1.165, 1.54) is 30.2 Å². The first-order valence-electron chi connectivity index (χ1n) is 7.80. The molecule has 0 rings (SSSR count). The van der Waals surface area contributed by atoms with Crippen LogP contribution in [0.25, 0.3) is 0 Å². The lowest BCUT2D eigenvalue weighted by Crippen LogP contribution is -3.00. The standard InChI is InChI=1S/C16H36N.BrH/c1-9-13(5)17(14(6)10-2,15(7)11-3)16(8)12-4;/h13-16H,9-12H2,1-8H3;1H/q+1;/p-1. The van der Waals surface area contributed by atoms with E-state index >= 15 is 0 Å². The van der Waals surface area contributed by atoms with Gasteiger partial charge in [0.2, 0.25) is 0 Å². The predicted octanol–water partition coefficient (Wildman–Crippen LogP) is 2.00. The lowest BCUT2D eigenvalue weighted by molar-refractivity contribution is -1.01. The van der Waals surface area contributed by atoms with Gasteiger partial charge in [-0.1, -0.05) is 27.7 Å². The smallest absolute Gasteiger partial charge is 0.0865 e. The van der Waals surface area contributed by atoms with E-state index in [2.05, 4.69) is 55.4 Å². The van der Waals surface area contributed by atoms with Gasteiger partial charge < -0.3 is 21.5 Å². The Morgan fingerprint density at radius 2 is 0.722 bits per heavy atom. The molecule has 0 aliphatic heterocycles. The monoisotopic (exact) mass is 321 g/mol. The number of hydrogen-bond acceptors (Lipinski definition) is 0. The van der Waals surface area contributed by atoms with E-state index in [4.69, 9.17) is 0 Å². The van der Waals surface area contributed by atoms with Gasteiger partial charge in [-0.25, -0.2) is 0 Å². The number of hydrogen-bond donors (Lipinski definition) is 0. The number of nitrogens with zero attached hydrogens (tertiary/aromatic N) is 1. The van der Waals surface area contributed by atoms with Gasteiger partial charge in [0, 0.05) is 0 Å². The third-order valence-corrected chi connectivity index (χ3v) is 5.42. The van der Waals surface area contributed by atoms with Gasteiger partial charge in [0.05, 0.1) is 24.2 Å². The Balaban J connectivity index is 0. The zero-order valence-electron chi connectivity index (χ0n) is 14.0. The Hall–Kier alpha value is 0.440. The van der Waals surface area contributed by atoms with Crippen LogP contribution < -0.4 is 17.0 Å². The van der Waals surface area contributed by atoms with Crippen LogP contribution in [0, 0.1) is 0 Å². The summed E-state index contributed by atoms with van der Waals surface area (Å²) in [4.78, 5) is 0. The van der Waals surface area contributed by atoms with Crippen LogP contribution >= 0.6 is 0 Å². The maximum absolute atomic E-state index is 2.46. The molecule has 0 heterocycles. The van der Waals surface area contributed by atoms with Crippen LogP contribution in [0.3, 0.4) is 0 Å². The average molecular weight is 322 g/mol. The van der Waals surface area contributed by atoms with Crippen molar-refractivity contribution in [2.24, 2.45) is 0 Å². The summed E-state index contributed by atoms with van der Waals surface area (Å²) in [7, 11) is 0. The van der Waals surface area contributed by atoms with Gasteiger partial charge in [-0.15, -0.1) is 0 Å². The van der Waals surface area contributed by atoms with Crippen molar-refractivity contribution in [1.82, 2.24) is 0 Å². The first-order chi connectivity index (χ1) is 7.93. The Morgan fingerprint density at radius 3 is 0.833 bits per heavy atom. The molecule has 0 aliphatic carbocycles. The van der Waals surface area contributed by atoms with Gasteiger partial charge >= 0.3 is 0 Å². The molecule has 0 fully saturated rings. The third-order valence-electron chi connectivity index (χ3n) is 5.42. The molecule has 0 aliphatic rings. The van der Waals surface area contributed by atoms with Gasteiger partial charge in [-0.2, -0.15) is 0 Å². The normalized spacial score (nSPS) is 21.3. The first-order valence-corrected chi connectivity index (χ1v) is 7.80. The summed E-state index contributed by atoms with van der Waals surface area (Å²) in [6, 6.07) is 3.09. The Morgan fingerprint density at radius 1 is 0.556 bits per heavy atom. The Bertz CT molecular complexity index is 160. The summed E-state index contributed by atoms with van der Waals surface area (Å²) in [5.41, 5.74) is 0. The van der Waals surface area contributed by atoms with Crippen molar-refractivity contribution in [3.05, 3.63) is 0 Å². The van der Waals surface area contributed by atoms with Gasteiger partial charge in [-0.05, 0) is 53.4 Å². The highest BCUT2D eigenvalue weighted by Crippen LogP contribution is 2.34. The van der Waals surface area contributed by atoms with Crippen LogP contribution in [0.4, 0.5) is 0 Å². The van der Waals surface area contributed by atoms with Crippen LogP contribution in [-0.2, 0) is 0 Å². The van der Waals surface area contributed by atoms with E-state index in [1.54, 1.807) is 0 Å². The van der Waals surface area contributed by atoms with Crippen molar-refractivity contribution in [1.29, 1.82) is 0 Å². The molecule has 0 aromatic rings. The van der Waals surface area contributed by atoms with Gasteiger partial charge in [0.25, 0.3) is 0 Å². The molecule has 2 heteroatoms. The fraction of sp³-hybridized carbons (Fsp3) is 1.00. The van der Waals surface area contributed by atoms with E-state index in [0.717, 1.165) is 24.2 Å². The molecule has 0 radical (unpaired) electrons. The Kier molecular flexibility index (Phi) is 10.8. The maximum Gasteiger partial charge on any atom is 0.0865 e. The van der Waals surface area contributed by atoms with Crippen molar-refractivity contribution < 1.29 is 21.5 Å². The lowest BCUT2D eigenvalue weighted by Gasteiger charge is -2.55. The van der Waals surface area contributed by atoms with Gasteiger partial charge in [0.1, 0.15) is 0 Å². The van der Waals surface area contributed by atoms with Crippen molar-refractivity contribution in [2.75, 3.05) is 0 Å². The predicted molar refractivity (Wildman–Crippen MR) is 79.3 cm³/mol. The fourth-order valence-corrected chi connectivity index (χ4v) is 3.87. The van der Waals surface area contributed by atoms with Crippen LogP contribution in [0.2, 0.25) is 0 Å². The number of rotatable bonds is 8. The molecule has 1 nitrogen and oxygen atoms in total. The van der Waals surface area contributed by atoms with Crippen LogP contribution in [0.1, 0.15) is 81.1 Å². The van der Waals surface area contributed by atoms with Crippen LogP contribution in [0.5, 0.6) is 0 Å². The minimum Gasteiger partial charge on any atom is -1.00 e. The quantitative estimate of drug-likeness (QED) is 0.600. The van der Waals surface area contributed by atoms with Crippen LogP contribution in [0.15, 0.2) is 0 Å². The average Bonchev–Trinajstić information content (AvgIpc) is 2.37. The molecule has 18 heavy (non-hydrogen) atoms. The second-order valence-corrected chi connectivity index (χ2v) is 5.92. The molecule has 0 saturated heterocycles. The minimum atomic E-state index is 0. The van der Waals surface area contributed by atoms with E-state index in [1.807, 2.05) is 0 Å². The summed E-state index contributed by atoms with van der Waals surface area (Å²) in [5, 5.41) is 0.